The Kier molecular flexibility index (Phi) is 4.27. The van der Waals surface area contributed by atoms with Crippen LogP contribution in [0.5, 0.6) is 0 Å². The standard InChI is InChI=1S/C11H11Cl2NO5S/c12-7-2-1-3-8(13)10(7)20(18,19)14-5-6(15)4-9(14)11(16)17/h1-3,6,9,15H,4-5H2,(H,16,17)/t6-,9+/m1/s1. The molecule has 1 saturated heterocycles. The SMILES string of the molecule is O=C(O)[C@@H]1C[C@@H](O)CN1S(=O)(=O)c1c(Cl)cccc1Cl. The molecule has 0 unspecified atom stereocenters. The Labute approximate surface area is 125 Å². The van der Waals surface area contributed by atoms with Crippen molar-refractivity contribution in [3.05, 3.63) is 28.2 Å². The van der Waals surface area contributed by atoms with Crippen LogP contribution >= 0.6 is 23.2 Å². The molecule has 1 aromatic carbocycles. The second-order valence-electron chi connectivity index (χ2n) is 4.37. The van der Waals surface area contributed by atoms with Gasteiger partial charge in [0.25, 0.3) is 0 Å². The fourth-order valence-electron chi connectivity index (χ4n) is 2.12. The minimum atomic E-state index is -4.20. The number of β-amino-alcohol motifs (C(OH)–C–C–N with tert-alkyl or cyclic N) is 1. The third-order valence-corrected chi connectivity index (χ3v) is 5.84. The lowest BCUT2D eigenvalue weighted by atomic mass is 10.2. The smallest absolute Gasteiger partial charge is 0.322 e. The topological polar surface area (TPSA) is 94.9 Å². The zero-order valence-electron chi connectivity index (χ0n) is 10.0. The van der Waals surface area contributed by atoms with Crippen molar-refractivity contribution in [2.45, 2.75) is 23.5 Å². The number of hydrogen-bond donors (Lipinski definition) is 2. The average Bonchev–Trinajstić information content (AvgIpc) is 2.71. The molecule has 9 heteroatoms. The predicted molar refractivity (Wildman–Crippen MR) is 72.4 cm³/mol. The first-order valence-corrected chi connectivity index (χ1v) is 7.81. The lowest BCUT2D eigenvalue weighted by Crippen LogP contribution is -2.40. The minimum absolute atomic E-state index is 0.0944. The summed E-state index contributed by atoms with van der Waals surface area (Å²) in [6.07, 6.45) is -1.21. The Bertz CT molecular complexity index is 628. The summed E-state index contributed by atoms with van der Waals surface area (Å²) in [5.74, 6) is -1.33. The number of aliphatic hydroxyl groups is 1. The number of aliphatic carboxylic acids is 1. The van der Waals surface area contributed by atoms with Gasteiger partial charge in [-0.2, -0.15) is 4.31 Å². The van der Waals surface area contributed by atoms with Crippen LogP contribution in [0.3, 0.4) is 0 Å². The largest absolute Gasteiger partial charge is 0.480 e. The highest BCUT2D eigenvalue weighted by Gasteiger charge is 2.44. The minimum Gasteiger partial charge on any atom is -0.480 e. The normalized spacial score (nSPS) is 23.9. The van der Waals surface area contributed by atoms with Crippen molar-refractivity contribution in [3.8, 4) is 0 Å². The van der Waals surface area contributed by atoms with Crippen molar-refractivity contribution < 1.29 is 23.4 Å². The summed E-state index contributed by atoms with van der Waals surface area (Å²) in [6.45, 7) is -0.305. The first-order chi connectivity index (χ1) is 9.25. The van der Waals surface area contributed by atoms with Crippen molar-refractivity contribution in [3.63, 3.8) is 0 Å². The third kappa shape index (κ3) is 2.64. The number of rotatable bonds is 3. The van der Waals surface area contributed by atoms with Gasteiger partial charge in [0, 0.05) is 13.0 Å². The number of nitrogens with zero attached hydrogens (tertiary/aromatic N) is 1. The summed E-state index contributed by atoms with van der Waals surface area (Å²) in [7, 11) is -4.20. The molecule has 2 rings (SSSR count). The highest BCUT2D eigenvalue weighted by molar-refractivity contribution is 7.89. The van der Waals surface area contributed by atoms with Crippen molar-refractivity contribution in [2.75, 3.05) is 6.54 Å². The van der Waals surface area contributed by atoms with E-state index in [1.807, 2.05) is 0 Å². The highest BCUT2D eigenvalue weighted by Crippen LogP contribution is 2.34. The van der Waals surface area contributed by atoms with Crippen molar-refractivity contribution >= 4 is 39.2 Å². The summed E-state index contributed by atoms with van der Waals surface area (Å²) in [4.78, 5) is 10.8. The van der Waals surface area contributed by atoms with Crippen LogP contribution < -0.4 is 0 Å². The van der Waals surface area contributed by atoms with Crippen LogP contribution in [0.2, 0.25) is 10.0 Å². The lowest BCUT2D eigenvalue weighted by Gasteiger charge is -2.21. The monoisotopic (exact) mass is 339 g/mol. The number of sulfonamides is 1. The molecule has 0 aliphatic carbocycles. The molecule has 0 bridgehead atoms. The molecule has 110 valence electrons. The van der Waals surface area contributed by atoms with E-state index in [2.05, 4.69) is 0 Å². The zero-order valence-corrected chi connectivity index (χ0v) is 12.4. The molecule has 6 nitrogen and oxygen atoms in total. The number of halogens is 2. The van der Waals surface area contributed by atoms with Crippen LogP contribution in [0.15, 0.2) is 23.1 Å². The first-order valence-electron chi connectivity index (χ1n) is 5.62. The van der Waals surface area contributed by atoms with Crippen LogP contribution in [0.25, 0.3) is 0 Å². The van der Waals surface area contributed by atoms with Gasteiger partial charge >= 0.3 is 5.97 Å². The van der Waals surface area contributed by atoms with E-state index in [-0.39, 0.29) is 27.9 Å². The maximum atomic E-state index is 12.5. The maximum absolute atomic E-state index is 12.5. The van der Waals surface area contributed by atoms with E-state index in [0.29, 0.717) is 4.31 Å². The average molecular weight is 340 g/mol. The fraction of sp³-hybridized carbons (Fsp3) is 0.364. The molecule has 2 N–H and O–H groups in total. The van der Waals surface area contributed by atoms with Crippen molar-refractivity contribution in [1.29, 1.82) is 0 Å². The lowest BCUT2D eigenvalue weighted by molar-refractivity contribution is -0.140. The van der Waals surface area contributed by atoms with Gasteiger partial charge in [0.2, 0.25) is 10.0 Å². The van der Waals surface area contributed by atoms with Gasteiger partial charge in [0.05, 0.1) is 16.1 Å². The molecule has 1 fully saturated rings. The Morgan fingerprint density at radius 3 is 2.35 bits per heavy atom. The molecule has 1 aliphatic rings. The van der Waals surface area contributed by atoms with Crippen molar-refractivity contribution in [1.82, 2.24) is 4.31 Å². The number of benzene rings is 1. The van der Waals surface area contributed by atoms with Crippen LogP contribution in [-0.4, -0.2) is 47.6 Å². The number of carboxylic acids is 1. The van der Waals surface area contributed by atoms with Gasteiger partial charge in [-0.25, -0.2) is 8.42 Å². The quantitative estimate of drug-likeness (QED) is 0.862. The fourth-order valence-corrected chi connectivity index (χ4v) is 4.85. The van der Waals surface area contributed by atoms with Gasteiger partial charge in [-0.15, -0.1) is 0 Å². The second-order valence-corrected chi connectivity index (χ2v) is 7.01. The molecule has 2 atom stereocenters. The number of aliphatic hydroxyl groups excluding tert-OH is 1. The van der Waals surface area contributed by atoms with Gasteiger partial charge in [-0.05, 0) is 12.1 Å². The summed E-state index contributed by atoms with van der Waals surface area (Å²) in [6, 6.07) is 2.85. The molecule has 0 saturated carbocycles. The number of hydrogen-bond acceptors (Lipinski definition) is 4. The summed E-state index contributed by atoms with van der Waals surface area (Å²) in [5, 5.41) is 18.4. The van der Waals surface area contributed by atoms with Gasteiger partial charge < -0.3 is 10.2 Å². The molecular formula is C11H11Cl2NO5S. The number of carbonyl (C=O) groups is 1. The summed E-state index contributed by atoms with van der Waals surface area (Å²) >= 11 is 11.7. The molecule has 20 heavy (non-hydrogen) atoms. The molecule has 0 radical (unpaired) electrons. The van der Waals surface area contributed by atoms with Gasteiger partial charge in [0.1, 0.15) is 10.9 Å². The van der Waals surface area contributed by atoms with E-state index < -0.39 is 28.1 Å². The zero-order chi connectivity index (χ0) is 15.1. The van der Waals surface area contributed by atoms with Crippen molar-refractivity contribution in [2.24, 2.45) is 0 Å². The summed E-state index contributed by atoms with van der Waals surface area (Å²) < 4.78 is 25.8. The van der Waals surface area contributed by atoms with Crippen LogP contribution in [0, 0.1) is 0 Å². The Balaban J connectivity index is 2.52. The molecule has 1 aliphatic heterocycles. The molecule has 1 heterocycles. The highest BCUT2D eigenvalue weighted by atomic mass is 35.5. The van der Waals surface area contributed by atoms with Gasteiger partial charge in [-0.1, -0.05) is 29.3 Å². The van der Waals surface area contributed by atoms with Crippen LogP contribution in [0.4, 0.5) is 0 Å². The maximum Gasteiger partial charge on any atom is 0.322 e. The molecule has 0 aromatic heterocycles. The van der Waals surface area contributed by atoms with E-state index in [9.17, 15) is 18.3 Å². The molecule has 1 aromatic rings. The van der Waals surface area contributed by atoms with E-state index in [0.717, 1.165) is 0 Å². The van der Waals surface area contributed by atoms with Gasteiger partial charge in [0.15, 0.2) is 0 Å². The molecular weight excluding hydrogens is 329 g/mol. The van der Waals surface area contributed by atoms with E-state index in [4.69, 9.17) is 28.3 Å². The van der Waals surface area contributed by atoms with Gasteiger partial charge in [-0.3, -0.25) is 4.79 Å². The Morgan fingerprint density at radius 2 is 1.85 bits per heavy atom. The molecule has 0 amide bonds. The Morgan fingerprint density at radius 1 is 1.30 bits per heavy atom. The Hall–Kier alpha value is -0.860. The third-order valence-electron chi connectivity index (χ3n) is 3.00. The first kappa shape index (κ1) is 15.5. The number of carboxylic acid groups (broad SMARTS) is 1. The van der Waals surface area contributed by atoms with E-state index in [1.165, 1.54) is 18.2 Å². The summed E-state index contributed by atoms with van der Waals surface area (Å²) in [5.41, 5.74) is 0. The van der Waals surface area contributed by atoms with E-state index >= 15 is 0 Å². The second kappa shape index (κ2) is 5.50. The van der Waals surface area contributed by atoms with Crippen LogP contribution in [0.1, 0.15) is 6.42 Å². The molecule has 0 spiro atoms. The van der Waals surface area contributed by atoms with E-state index in [1.54, 1.807) is 0 Å². The van der Waals surface area contributed by atoms with Crippen LogP contribution in [-0.2, 0) is 14.8 Å². The predicted octanol–water partition coefficient (Wildman–Crippen LogP) is 1.20.